The van der Waals surface area contributed by atoms with Crippen molar-refractivity contribution < 1.29 is 0 Å². The van der Waals surface area contributed by atoms with E-state index in [2.05, 4.69) is 256 Å². The number of benzene rings is 10. The van der Waals surface area contributed by atoms with Gasteiger partial charge in [0.15, 0.2) is 0 Å². The van der Waals surface area contributed by atoms with Crippen LogP contribution in [0.1, 0.15) is 49.9 Å². The van der Waals surface area contributed by atoms with E-state index in [0.29, 0.717) is 0 Å². The van der Waals surface area contributed by atoms with Crippen molar-refractivity contribution in [3.63, 3.8) is 0 Å². The Balaban J connectivity index is 0.914. The molecule has 0 amide bonds. The minimum Gasteiger partial charge on any atom is -0.310 e. The molecule has 0 bridgehead atoms. The standard InChI is InChI=1S/C64H48N2/c1-63(2)57-23-12-10-20-51(57)53-34-31-47(39-59(53)63)65(46-29-25-42(26-30-46)50-22-14-16-41-15-8-9-19-49(41)50)48-32-35-54-52-33-27-44(38-58(52)64(3,4)60(54)40-48)43-28-36-62-56(37-43)55-21-11-13-24-61(55)66(62)45-17-6-5-7-18-45/h5-40H,1-4H3. The van der Waals surface area contributed by atoms with Crippen LogP contribution in [0, 0.1) is 0 Å². The topological polar surface area (TPSA) is 8.17 Å². The lowest BCUT2D eigenvalue weighted by Crippen LogP contribution is -2.18. The first-order valence-electron chi connectivity index (χ1n) is 23.3. The second-order valence-corrected chi connectivity index (χ2v) is 19.3. The fourth-order valence-corrected chi connectivity index (χ4v) is 11.6. The predicted octanol–water partition coefficient (Wildman–Crippen LogP) is 17.4. The zero-order chi connectivity index (χ0) is 44.3. The Hall–Kier alpha value is -7.94. The Morgan fingerprint density at radius 1 is 0.318 bits per heavy atom. The van der Waals surface area contributed by atoms with Gasteiger partial charge < -0.3 is 9.47 Å². The first-order valence-corrected chi connectivity index (χ1v) is 23.3. The van der Waals surface area contributed by atoms with Crippen LogP contribution in [-0.2, 0) is 10.8 Å². The third-order valence-corrected chi connectivity index (χ3v) is 15.0. The summed E-state index contributed by atoms with van der Waals surface area (Å²) in [6.45, 7) is 9.55. The van der Waals surface area contributed by atoms with Gasteiger partial charge in [0.05, 0.1) is 11.0 Å². The van der Waals surface area contributed by atoms with Crippen LogP contribution >= 0.6 is 0 Å². The van der Waals surface area contributed by atoms with Crippen LogP contribution in [0.2, 0.25) is 0 Å². The van der Waals surface area contributed by atoms with Crippen LogP contribution in [0.5, 0.6) is 0 Å². The average molecular weight is 845 g/mol. The predicted molar refractivity (Wildman–Crippen MR) is 279 cm³/mol. The maximum Gasteiger partial charge on any atom is 0.0541 e. The maximum atomic E-state index is 2.47. The van der Waals surface area contributed by atoms with Crippen LogP contribution in [0.15, 0.2) is 218 Å². The van der Waals surface area contributed by atoms with Gasteiger partial charge in [0.25, 0.3) is 0 Å². The SMILES string of the molecule is CC1(C)c2ccccc2-c2ccc(N(c3ccc(-c4cccc5ccccc45)cc3)c3ccc4c(c3)C(C)(C)c3cc(-c5ccc6c(c5)c5ccccc5n6-c5ccccc5)ccc3-4)cc21. The van der Waals surface area contributed by atoms with Gasteiger partial charge in [0.1, 0.15) is 0 Å². The Bertz CT molecular complexity index is 3750. The summed E-state index contributed by atoms with van der Waals surface area (Å²) in [5.41, 5.74) is 22.4. The van der Waals surface area contributed by atoms with Crippen molar-refractivity contribution in [1.82, 2.24) is 4.57 Å². The molecule has 2 nitrogen and oxygen atoms in total. The van der Waals surface area contributed by atoms with Gasteiger partial charge in [0, 0.05) is 44.4 Å². The van der Waals surface area contributed by atoms with Crippen LogP contribution in [0.4, 0.5) is 17.1 Å². The highest BCUT2D eigenvalue weighted by Crippen LogP contribution is 2.54. The maximum absolute atomic E-state index is 2.47. The summed E-state index contributed by atoms with van der Waals surface area (Å²) in [6, 6.07) is 81.3. The molecule has 2 aliphatic rings. The Morgan fingerprint density at radius 2 is 0.818 bits per heavy atom. The van der Waals surface area contributed by atoms with Crippen LogP contribution in [0.25, 0.3) is 82.8 Å². The van der Waals surface area contributed by atoms with Gasteiger partial charge in [-0.25, -0.2) is 0 Å². The van der Waals surface area contributed by atoms with E-state index in [0.717, 1.165) is 17.1 Å². The Labute approximate surface area is 386 Å². The van der Waals surface area contributed by atoms with Gasteiger partial charge in [-0.3, -0.25) is 0 Å². The number of nitrogens with zero attached hydrogens (tertiary/aromatic N) is 2. The number of hydrogen-bond donors (Lipinski definition) is 0. The molecule has 0 fully saturated rings. The minimum atomic E-state index is -0.227. The number of para-hydroxylation sites is 2. The fraction of sp³-hybridized carbons (Fsp3) is 0.0938. The molecule has 13 rings (SSSR count). The molecule has 1 aromatic heterocycles. The number of hydrogen-bond acceptors (Lipinski definition) is 1. The van der Waals surface area contributed by atoms with Gasteiger partial charge in [-0.05, 0) is 150 Å². The summed E-state index contributed by atoms with van der Waals surface area (Å²) < 4.78 is 2.39. The quantitative estimate of drug-likeness (QED) is 0.162. The lowest BCUT2D eigenvalue weighted by atomic mass is 9.81. The molecule has 2 aliphatic carbocycles. The largest absolute Gasteiger partial charge is 0.310 e. The second-order valence-electron chi connectivity index (χ2n) is 19.3. The highest BCUT2D eigenvalue weighted by molar-refractivity contribution is 6.10. The molecule has 0 N–H and O–H groups in total. The lowest BCUT2D eigenvalue weighted by Gasteiger charge is -2.30. The first kappa shape index (κ1) is 38.5. The third kappa shape index (κ3) is 5.67. The van der Waals surface area contributed by atoms with Gasteiger partial charge in [0.2, 0.25) is 0 Å². The van der Waals surface area contributed by atoms with E-state index in [1.807, 2.05) is 0 Å². The van der Waals surface area contributed by atoms with E-state index < -0.39 is 0 Å². The summed E-state index contributed by atoms with van der Waals surface area (Å²) in [7, 11) is 0. The van der Waals surface area contributed by atoms with Crippen LogP contribution < -0.4 is 4.90 Å². The zero-order valence-corrected chi connectivity index (χ0v) is 37.7. The molecule has 0 radical (unpaired) electrons. The molecule has 66 heavy (non-hydrogen) atoms. The first-order chi connectivity index (χ1) is 32.2. The highest BCUT2D eigenvalue weighted by Gasteiger charge is 2.38. The average Bonchev–Trinajstić information content (AvgIpc) is 3.90. The van der Waals surface area contributed by atoms with Crippen molar-refractivity contribution in [3.05, 3.63) is 241 Å². The van der Waals surface area contributed by atoms with E-state index >= 15 is 0 Å². The summed E-state index contributed by atoms with van der Waals surface area (Å²) in [5.74, 6) is 0. The third-order valence-electron chi connectivity index (χ3n) is 15.0. The number of aromatic nitrogens is 1. The summed E-state index contributed by atoms with van der Waals surface area (Å²) >= 11 is 0. The number of rotatable bonds is 6. The van der Waals surface area contributed by atoms with Crippen LogP contribution in [-0.4, -0.2) is 4.57 Å². The van der Waals surface area contributed by atoms with E-state index in [-0.39, 0.29) is 10.8 Å². The van der Waals surface area contributed by atoms with Crippen molar-refractivity contribution in [3.8, 4) is 50.2 Å². The fourth-order valence-electron chi connectivity index (χ4n) is 11.6. The van der Waals surface area contributed by atoms with Gasteiger partial charge in [-0.15, -0.1) is 0 Å². The molecule has 10 aromatic carbocycles. The normalized spacial score (nSPS) is 14.0. The highest BCUT2D eigenvalue weighted by atomic mass is 15.1. The molecule has 0 aliphatic heterocycles. The zero-order valence-electron chi connectivity index (χ0n) is 37.7. The number of anilines is 3. The lowest BCUT2D eigenvalue weighted by molar-refractivity contribution is 0.660. The molecule has 0 saturated heterocycles. The van der Waals surface area contributed by atoms with E-state index in [1.54, 1.807) is 0 Å². The summed E-state index contributed by atoms with van der Waals surface area (Å²) in [5, 5.41) is 5.06. The molecular formula is C64H48N2. The molecule has 11 aromatic rings. The van der Waals surface area contributed by atoms with E-state index in [9.17, 15) is 0 Å². The Kier molecular flexibility index (Phi) is 8.33. The van der Waals surface area contributed by atoms with E-state index in [4.69, 9.17) is 0 Å². The molecule has 0 atom stereocenters. The molecule has 0 spiro atoms. The van der Waals surface area contributed by atoms with Crippen molar-refractivity contribution >= 4 is 49.6 Å². The summed E-state index contributed by atoms with van der Waals surface area (Å²) in [6.07, 6.45) is 0. The van der Waals surface area contributed by atoms with Gasteiger partial charge in [-0.2, -0.15) is 0 Å². The monoisotopic (exact) mass is 844 g/mol. The Morgan fingerprint density at radius 3 is 1.58 bits per heavy atom. The smallest absolute Gasteiger partial charge is 0.0541 e. The van der Waals surface area contributed by atoms with Gasteiger partial charge >= 0.3 is 0 Å². The number of fused-ring (bicyclic) bond motifs is 10. The summed E-state index contributed by atoms with van der Waals surface area (Å²) in [4.78, 5) is 2.47. The van der Waals surface area contributed by atoms with E-state index in [1.165, 1.54) is 105 Å². The van der Waals surface area contributed by atoms with Crippen molar-refractivity contribution in [2.75, 3.05) is 4.90 Å². The second kappa shape index (κ2) is 14.3. The molecular weight excluding hydrogens is 797 g/mol. The van der Waals surface area contributed by atoms with Crippen molar-refractivity contribution in [1.29, 1.82) is 0 Å². The van der Waals surface area contributed by atoms with Gasteiger partial charge in [-0.1, -0.05) is 173 Å². The van der Waals surface area contributed by atoms with Crippen LogP contribution in [0.3, 0.4) is 0 Å². The molecule has 0 saturated carbocycles. The molecule has 314 valence electrons. The molecule has 1 heterocycles. The van der Waals surface area contributed by atoms with Crippen molar-refractivity contribution in [2.24, 2.45) is 0 Å². The molecule has 0 unspecified atom stereocenters. The molecule has 2 heteroatoms. The van der Waals surface area contributed by atoms with Crippen molar-refractivity contribution in [2.45, 2.75) is 38.5 Å². The minimum absolute atomic E-state index is 0.116.